The van der Waals surface area contributed by atoms with Gasteiger partial charge in [-0.2, -0.15) is 0 Å². The molecule has 0 unspecified atom stereocenters. The van der Waals surface area contributed by atoms with E-state index in [1.165, 1.54) is 0 Å². The maximum atomic E-state index is 6.22. The van der Waals surface area contributed by atoms with Crippen molar-refractivity contribution in [3.8, 4) is 5.69 Å². The molecule has 0 saturated carbocycles. The van der Waals surface area contributed by atoms with Gasteiger partial charge >= 0.3 is 0 Å². The Morgan fingerprint density at radius 3 is 2.81 bits per heavy atom. The number of benzene rings is 1. The Morgan fingerprint density at radius 1 is 1.44 bits per heavy atom. The van der Waals surface area contributed by atoms with Crippen molar-refractivity contribution >= 4 is 27.5 Å². The summed E-state index contributed by atoms with van der Waals surface area (Å²) < 4.78 is 3.03. The van der Waals surface area contributed by atoms with Crippen molar-refractivity contribution in [3.63, 3.8) is 0 Å². The van der Waals surface area contributed by atoms with E-state index in [-0.39, 0.29) is 0 Å². The highest BCUT2D eigenvalue weighted by atomic mass is 79.9. The van der Waals surface area contributed by atoms with Gasteiger partial charge in [-0.3, -0.25) is 0 Å². The van der Waals surface area contributed by atoms with E-state index in [2.05, 4.69) is 27.8 Å². The summed E-state index contributed by atoms with van der Waals surface area (Å²) in [6, 6.07) is 5.87. The predicted octanol–water partition coefficient (Wildman–Crippen LogP) is 4.16. The summed E-state index contributed by atoms with van der Waals surface area (Å²) in [6.45, 7) is 4.08. The summed E-state index contributed by atoms with van der Waals surface area (Å²) in [7, 11) is 0. The fourth-order valence-corrected chi connectivity index (χ4v) is 2.45. The zero-order chi connectivity index (χ0) is 11.7. The summed E-state index contributed by atoms with van der Waals surface area (Å²) in [5.74, 6) is 1.03. The van der Waals surface area contributed by atoms with E-state index in [9.17, 15) is 0 Å². The van der Waals surface area contributed by atoms with Crippen LogP contribution >= 0.6 is 27.5 Å². The van der Waals surface area contributed by atoms with Crippen LogP contribution in [-0.2, 0) is 6.42 Å². The standard InChI is InChI=1S/C12H12BrClN2/c1-3-12-15-8(2)7-16(12)11-5-4-9(13)6-10(11)14/h4-7H,3H2,1-2H3. The minimum Gasteiger partial charge on any atom is -0.302 e. The number of aryl methyl sites for hydroxylation is 2. The smallest absolute Gasteiger partial charge is 0.113 e. The lowest BCUT2D eigenvalue weighted by atomic mass is 10.3. The molecule has 0 fully saturated rings. The van der Waals surface area contributed by atoms with Crippen LogP contribution in [0.2, 0.25) is 5.02 Å². The average molecular weight is 300 g/mol. The largest absolute Gasteiger partial charge is 0.302 e. The van der Waals surface area contributed by atoms with Gasteiger partial charge in [-0.25, -0.2) is 4.98 Å². The monoisotopic (exact) mass is 298 g/mol. The van der Waals surface area contributed by atoms with Crippen LogP contribution in [-0.4, -0.2) is 9.55 Å². The molecule has 0 spiro atoms. The molecule has 0 bridgehead atoms. The molecular formula is C12H12BrClN2. The number of imidazole rings is 1. The second kappa shape index (κ2) is 4.60. The van der Waals surface area contributed by atoms with Gasteiger partial charge in [-0.15, -0.1) is 0 Å². The van der Waals surface area contributed by atoms with Gasteiger partial charge in [0.15, 0.2) is 0 Å². The third kappa shape index (κ3) is 2.15. The molecule has 4 heteroatoms. The Bertz CT molecular complexity index is 520. The van der Waals surface area contributed by atoms with Crippen LogP contribution in [0.15, 0.2) is 28.9 Å². The van der Waals surface area contributed by atoms with E-state index in [1.54, 1.807) is 0 Å². The van der Waals surface area contributed by atoms with E-state index < -0.39 is 0 Å². The first-order valence-electron chi connectivity index (χ1n) is 5.12. The predicted molar refractivity (Wildman–Crippen MR) is 70.4 cm³/mol. The average Bonchev–Trinajstić information content (AvgIpc) is 2.59. The number of aromatic nitrogens is 2. The van der Waals surface area contributed by atoms with Gasteiger partial charge in [0.1, 0.15) is 5.82 Å². The Morgan fingerprint density at radius 2 is 2.19 bits per heavy atom. The van der Waals surface area contributed by atoms with Crippen LogP contribution in [0.25, 0.3) is 5.69 Å². The second-order valence-corrected chi connectivity index (χ2v) is 4.94. The molecule has 2 rings (SSSR count). The maximum absolute atomic E-state index is 6.22. The summed E-state index contributed by atoms with van der Waals surface area (Å²) in [5.41, 5.74) is 1.98. The molecule has 1 aromatic heterocycles. The van der Waals surface area contributed by atoms with Crippen LogP contribution in [0.3, 0.4) is 0 Å². The topological polar surface area (TPSA) is 17.8 Å². The molecule has 0 aliphatic carbocycles. The molecule has 2 aromatic rings. The molecule has 0 amide bonds. The number of hydrogen-bond acceptors (Lipinski definition) is 1. The highest BCUT2D eigenvalue weighted by Gasteiger charge is 2.09. The molecule has 0 radical (unpaired) electrons. The van der Waals surface area contributed by atoms with Gasteiger partial charge in [-0.05, 0) is 25.1 Å². The van der Waals surface area contributed by atoms with Crippen LogP contribution in [0.4, 0.5) is 0 Å². The first kappa shape index (κ1) is 11.7. The lowest BCUT2D eigenvalue weighted by Crippen LogP contribution is -1.99. The minimum atomic E-state index is 0.724. The Kier molecular flexibility index (Phi) is 3.36. The maximum Gasteiger partial charge on any atom is 0.113 e. The molecule has 84 valence electrons. The number of rotatable bonds is 2. The van der Waals surface area contributed by atoms with Crippen LogP contribution in [0, 0.1) is 6.92 Å². The van der Waals surface area contributed by atoms with E-state index >= 15 is 0 Å². The third-order valence-electron chi connectivity index (χ3n) is 2.38. The fourth-order valence-electron chi connectivity index (χ4n) is 1.68. The summed E-state index contributed by atoms with van der Waals surface area (Å²) >= 11 is 9.62. The minimum absolute atomic E-state index is 0.724. The van der Waals surface area contributed by atoms with Gasteiger partial charge in [0, 0.05) is 17.1 Å². The summed E-state index contributed by atoms with van der Waals surface area (Å²) in [6.07, 6.45) is 2.90. The van der Waals surface area contributed by atoms with Crippen LogP contribution < -0.4 is 0 Å². The van der Waals surface area contributed by atoms with Gasteiger partial charge in [-0.1, -0.05) is 34.5 Å². The highest BCUT2D eigenvalue weighted by Crippen LogP contribution is 2.26. The second-order valence-electron chi connectivity index (χ2n) is 3.62. The summed E-state index contributed by atoms with van der Waals surface area (Å²) in [4.78, 5) is 4.46. The molecule has 0 aliphatic rings. The first-order valence-corrected chi connectivity index (χ1v) is 6.29. The van der Waals surface area contributed by atoms with Crippen molar-refractivity contribution in [1.82, 2.24) is 9.55 Å². The van der Waals surface area contributed by atoms with E-state index in [0.717, 1.165) is 33.1 Å². The van der Waals surface area contributed by atoms with Crippen molar-refractivity contribution in [2.45, 2.75) is 20.3 Å². The van der Waals surface area contributed by atoms with Gasteiger partial charge in [0.2, 0.25) is 0 Å². The molecule has 16 heavy (non-hydrogen) atoms. The van der Waals surface area contributed by atoms with Crippen molar-refractivity contribution in [1.29, 1.82) is 0 Å². The van der Waals surface area contributed by atoms with Crippen molar-refractivity contribution < 1.29 is 0 Å². The SMILES string of the molecule is CCc1nc(C)cn1-c1ccc(Br)cc1Cl. The zero-order valence-electron chi connectivity index (χ0n) is 9.17. The summed E-state index contributed by atoms with van der Waals surface area (Å²) in [5, 5.41) is 0.724. The van der Waals surface area contributed by atoms with Crippen molar-refractivity contribution in [2.24, 2.45) is 0 Å². The van der Waals surface area contributed by atoms with Gasteiger partial charge in [0.25, 0.3) is 0 Å². The Hall–Kier alpha value is -0.800. The van der Waals surface area contributed by atoms with E-state index in [4.69, 9.17) is 11.6 Å². The molecule has 0 aliphatic heterocycles. The van der Waals surface area contributed by atoms with Gasteiger partial charge < -0.3 is 4.57 Å². The number of hydrogen-bond donors (Lipinski definition) is 0. The molecule has 0 saturated heterocycles. The number of halogens is 2. The van der Waals surface area contributed by atoms with Crippen LogP contribution in [0.1, 0.15) is 18.4 Å². The fraction of sp³-hybridized carbons (Fsp3) is 0.250. The van der Waals surface area contributed by atoms with Crippen molar-refractivity contribution in [2.75, 3.05) is 0 Å². The quantitative estimate of drug-likeness (QED) is 0.814. The highest BCUT2D eigenvalue weighted by molar-refractivity contribution is 9.10. The molecular weight excluding hydrogens is 288 g/mol. The van der Waals surface area contributed by atoms with E-state index in [1.807, 2.05) is 35.9 Å². The lowest BCUT2D eigenvalue weighted by Gasteiger charge is -2.08. The molecule has 0 N–H and O–H groups in total. The van der Waals surface area contributed by atoms with Crippen molar-refractivity contribution in [3.05, 3.63) is 45.4 Å². The normalized spacial score (nSPS) is 10.8. The lowest BCUT2D eigenvalue weighted by molar-refractivity contribution is 0.890. The molecule has 0 atom stereocenters. The molecule has 1 aromatic carbocycles. The first-order chi connectivity index (χ1) is 7.61. The Labute approximate surface area is 108 Å². The Balaban J connectivity index is 2.57. The van der Waals surface area contributed by atoms with Gasteiger partial charge in [0.05, 0.1) is 16.4 Å². The molecule has 1 heterocycles. The zero-order valence-corrected chi connectivity index (χ0v) is 11.5. The van der Waals surface area contributed by atoms with Crippen LogP contribution in [0.5, 0.6) is 0 Å². The third-order valence-corrected chi connectivity index (χ3v) is 3.18. The number of nitrogens with zero attached hydrogens (tertiary/aromatic N) is 2. The molecule has 2 nitrogen and oxygen atoms in total. The van der Waals surface area contributed by atoms with E-state index in [0.29, 0.717) is 0 Å².